The number of aromatic carboxylic acids is 1. The molecule has 2 aromatic carbocycles. The molecule has 1 N–H and O–H groups in total. The standard InChI is InChI=1S/C17H14N2O3S/c1-11-3-2-4-14(9-11)15-18-19-17(22-15)23-10-12-5-7-13(8-6-12)16(20)21/h2-9H,10H2,1H3,(H,20,21). The molecule has 0 amide bonds. The van der Waals surface area contributed by atoms with Crippen LogP contribution in [0.4, 0.5) is 0 Å². The highest BCUT2D eigenvalue weighted by Gasteiger charge is 2.09. The zero-order valence-corrected chi connectivity index (χ0v) is 13.2. The van der Waals surface area contributed by atoms with Gasteiger partial charge in [0.15, 0.2) is 0 Å². The van der Waals surface area contributed by atoms with E-state index in [-0.39, 0.29) is 5.56 Å². The number of aromatic nitrogens is 2. The van der Waals surface area contributed by atoms with Crippen LogP contribution in [0.25, 0.3) is 11.5 Å². The van der Waals surface area contributed by atoms with E-state index in [0.717, 1.165) is 16.7 Å². The lowest BCUT2D eigenvalue weighted by molar-refractivity contribution is 0.0697. The van der Waals surface area contributed by atoms with Gasteiger partial charge in [-0.1, -0.05) is 41.6 Å². The molecule has 116 valence electrons. The van der Waals surface area contributed by atoms with Gasteiger partial charge in [0, 0.05) is 11.3 Å². The van der Waals surface area contributed by atoms with Gasteiger partial charge in [0.05, 0.1) is 5.56 Å². The zero-order chi connectivity index (χ0) is 16.2. The van der Waals surface area contributed by atoms with E-state index in [1.54, 1.807) is 24.3 Å². The SMILES string of the molecule is Cc1cccc(-c2nnc(SCc3ccc(C(=O)O)cc3)o2)c1. The van der Waals surface area contributed by atoms with Gasteiger partial charge in [-0.15, -0.1) is 10.2 Å². The fourth-order valence-electron chi connectivity index (χ4n) is 2.05. The summed E-state index contributed by atoms with van der Waals surface area (Å²) in [5, 5.41) is 17.5. The molecule has 0 unspecified atom stereocenters. The van der Waals surface area contributed by atoms with Crippen LogP contribution in [-0.2, 0) is 5.75 Å². The summed E-state index contributed by atoms with van der Waals surface area (Å²) >= 11 is 1.42. The molecule has 0 saturated carbocycles. The average Bonchev–Trinajstić information content (AvgIpc) is 3.02. The molecule has 0 radical (unpaired) electrons. The second-order valence-corrected chi connectivity index (χ2v) is 5.96. The number of aryl methyl sites for hydroxylation is 1. The predicted octanol–water partition coefficient (Wildman–Crippen LogP) is 4.04. The average molecular weight is 326 g/mol. The highest BCUT2D eigenvalue weighted by molar-refractivity contribution is 7.98. The highest BCUT2D eigenvalue weighted by atomic mass is 32.2. The molecule has 0 bridgehead atoms. The molecule has 1 aromatic heterocycles. The van der Waals surface area contributed by atoms with Crippen LogP contribution in [0, 0.1) is 6.92 Å². The van der Waals surface area contributed by atoms with E-state index in [4.69, 9.17) is 9.52 Å². The Morgan fingerprint density at radius 1 is 1.17 bits per heavy atom. The molecule has 3 rings (SSSR count). The molecule has 0 saturated heterocycles. The van der Waals surface area contributed by atoms with Gasteiger partial charge in [0.1, 0.15) is 0 Å². The van der Waals surface area contributed by atoms with Crippen molar-refractivity contribution in [1.29, 1.82) is 0 Å². The third-order valence-corrected chi connectivity index (χ3v) is 4.12. The lowest BCUT2D eigenvalue weighted by Crippen LogP contribution is -1.95. The smallest absolute Gasteiger partial charge is 0.335 e. The molecule has 0 aliphatic heterocycles. The Labute approximate surface area is 137 Å². The Kier molecular flexibility index (Phi) is 4.43. The van der Waals surface area contributed by atoms with Crippen molar-refractivity contribution in [2.24, 2.45) is 0 Å². The van der Waals surface area contributed by atoms with Crippen LogP contribution in [0.5, 0.6) is 0 Å². The normalized spacial score (nSPS) is 10.7. The van der Waals surface area contributed by atoms with Gasteiger partial charge >= 0.3 is 5.97 Å². The van der Waals surface area contributed by atoms with Crippen molar-refractivity contribution < 1.29 is 14.3 Å². The second-order valence-electron chi connectivity index (χ2n) is 5.03. The largest absolute Gasteiger partial charge is 0.478 e. The minimum absolute atomic E-state index is 0.276. The number of hydrogen-bond donors (Lipinski definition) is 1. The predicted molar refractivity (Wildman–Crippen MR) is 87.4 cm³/mol. The topological polar surface area (TPSA) is 76.2 Å². The first-order valence-corrected chi connectivity index (χ1v) is 7.96. The van der Waals surface area contributed by atoms with Crippen molar-refractivity contribution in [3.05, 3.63) is 65.2 Å². The van der Waals surface area contributed by atoms with Crippen molar-refractivity contribution in [2.75, 3.05) is 0 Å². The summed E-state index contributed by atoms with van der Waals surface area (Å²) < 4.78 is 5.66. The molecule has 0 aliphatic carbocycles. The van der Waals surface area contributed by atoms with Crippen molar-refractivity contribution >= 4 is 17.7 Å². The lowest BCUT2D eigenvalue weighted by atomic mass is 10.1. The van der Waals surface area contributed by atoms with Crippen LogP contribution in [0.2, 0.25) is 0 Å². The summed E-state index contributed by atoms with van der Waals surface area (Å²) in [6.45, 7) is 2.01. The number of rotatable bonds is 5. The number of carboxylic acids is 1. The maximum Gasteiger partial charge on any atom is 0.335 e. The maximum absolute atomic E-state index is 10.8. The van der Waals surface area contributed by atoms with Gasteiger partial charge in [0.25, 0.3) is 5.22 Å². The number of carbonyl (C=O) groups is 1. The first kappa shape index (κ1) is 15.3. The molecule has 0 fully saturated rings. The van der Waals surface area contributed by atoms with Crippen molar-refractivity contribution in [1.82, 2.24) is 10.2 Å². The number of thioether (sulfide) groups is 1. The molecule has 3 aromatic rings. The molecule has 0 aliphatic rings. The van der Waals surface area contributed by atoms with E-state index in [1.807, 2.05) is 31.2 Å². The van der Waals surface area contributed by atoms with Crippen molar-refractivity contribution in [3.8, 4) is 11.5 Å². The monoisotopic (exact) mass is 326 g/mol. The summed E-state index contributed by atoms with van der Waals surface area (Å²) in [4.78, 5) is 10.8. The van der Waals surface area contributed by atoms with Gasteiger partial charge in [0.2, 0.25) is 5.89 Å². The summed E-state index contributed by atoms with van der Waals surface area (Å²) in [5.74, 6) is 0.205. The number of carboxylic acid groups (broad SMARTS) is 1. The van der Waals surface area contributed by atoms with Gasteiger partial charge in [-0.05, 0) is 36.8 Å². The number of benzene rings is 2. The Morgan fingerprint density at radius 3 is 2.65 bits per heavy atom. The molecular weight excluding hydrogens is 312 g/mol. The van der Waals surface area contributed by atoms with Gasteiger partial charge in [-0.25, -0.2) is 4.79 Å². The van der Waals surface area contributed by atoms with E-state index in [1.165, 1.54) is 11.8 Å². The Bertz CT molecular complexity index is 828. The number of hydrogen-bond acceptors (Lipinski definition) is 5. The molecule has 0 atom stereocenters. The van der Waals surface area contributed by atoms with Crippen LogP contribution in [0.15, 0.2) is 58.2 Å². The minimum Gasteiger partial charge on any atom is -0.478 e. The van der Waals surface area contributed by atoms with E-state index in [0.29, 0.717) is 16.9 Å². The highest BCUT2D eigenvalue weighted by Crippen LogP contribution is 2.26. The quantitative estimate of drug-likeness (QED) is 0.713. The van der Waals surface area contributed by atoms with E-state index in [2.05, 4.69) is 10.2 Å². The molecule has 5 nitrogen and oxygen atoms in total. The molecule has 23 heavy (non-hydrogen) atoms. The summed E-state index contributed by atoms with van der Waals surface area (Å²) in [7, 11) is 0. The third kappa shape index (κ3) is 3.78. The lowest BCUT2D eigenvalue weighted by Gasteiger charge is -1.99. The molecular formula is C17H14N2O3S. The van der Waals surface area contributed by atoms with Crippen LogP contribution in [-0.4, -0.2) is 21.3 Å². The Hall–Kier alpha value is -2.60. The van der Waals surface area contributed by atoms with Crippen LogP contribution in [0.1, 0.15) is 21.5 Å². The molecule has 0 spiro atoms. The zero-order valence-electron chi connectivity index (χ0n) is 12.4. The summed E-state index contributed by atoms with van der Waals surface area (Å²) in [6, 6.07) is 14.6. The third-order valence-electron chi connectivity index (χ3n) is 3.23. The first-order valence-electron chi connectivity index (χ1n) is 6.97. The van der Waals surface area contributed by atoms with Gasteiger partial charge in [-0.2, -0.15) is 0 Å². The van der Waals surface area contributed by atoms with Gasteiger partial charge < -0.3 is 9.52 Å². The van der Waals surface area contributed by atoms with Crippen LogP contribution in [0.3, 0.4) is 0 Å². The summed E-state index contributed by atoms with van der Waals surface area (Å²) in [6.07, 6.45) is 0. The minimum atomic E-state index is -0.927. The second kappa shape index (κ2) is 6.66. The molecule has 1 heterocycles. The fourth-order valence-corrected chi connectivity index (χ4v) is 2.77. The number of nitrogens with zero attached hydrogens (tertiary/aromatic N) is 2. The van der Waals surface area contributed by atoms with E-state index in [9.17, 15) is 4.79 Å². The van der Waals surface area contributed by atoms with Crippen molar-refractivity contribution in [2.45, 2.75) is 17.9 Å². The summed E-state index contributed by atoms with van der Waals surface area (Å²) in [5.41, 5.74) is 3.30. The van der Waals surface area contributed by atoms with Gasteiger partial charge in [-0.3, -0.25) is 0 Å². The first-order chi connectivity index (χ1) is 11.1. The maximum atomic E-state index is 10.8. The Morgan fingerprint density at radius 2 is 1.96 bits per heavy atom. The Balaban J connectivity index is 1.66. The van der Waals surface area contributed by atoms with Crippen molar-refractivity contribution in [3.63, 3.8) is 0 Å². The van der Waals surface area contributed by atoms with E-state index < -0.39 is 5.97 Å². The fraction of sp³-hybridized carbons (Fsp3) is 0.118. The molecule has 6 heteroatoms. The van der Waals surface area contributed by atoms with E-state index >= 15 is 0 Å². The van der Waals surface area contributed by atoms with Crippen LogP contribution < -0.4 is 0 Å². The van der Waals surface area contributed by atoms with Crippen LogP contribution >= 0.6 is 11.8 Å².